The molecule has 0 unspecified atom stereocenters. The molecular formula is C21H16N4O2S. The van der Waals surface area contributed by atoms with Crippen LogP contribution in [0, 0.1) is 0 Å². The van der Waals surface area contributed by atoms with E-state index in [1.807, 2.05) is 47.8 Å². The lowest BCUT2D eigenvalue weighted by molar-refractivity contribution is 0.101. The molecule has 0 saturated heterocycles. The van der Waals surface area contributed by atoms with E-state index in [1.165, 1.54) is 18.3 Å². The van der Waals surface area contributed by atoms with E-state index >= 15 is 0 Å². The van der Waals surface area contributed by atoms with E-state index in [2.05, 4.69) is 15.4 Å². The average Bonchev–Trinajstić information content (AvgIpc) is 3.39. The average molecular weight is 388 g/mol. The van der Waals surface area contributed by atoms with Crippen LogP contribution < -0.4 is 5.32 Å². The molecule has 2 heterocycles. The van der Waals surface area contributed by atoms with Gasteiger partial charge in [0.1, 0.15) is 0 Å². The number of carbonyl (C=O) groups excluding carboxylic acids is 2. The van der Waals surface area contributed by atoms with E-state index in [1.54, 1.807) is 28.9 Å². The van der Waals surface area contributed by atoms with Crippen molar-refractivity contribution in [2.45, 2.75) is 6.92 Å². The predicted octanol–water partition coefficient (Wildman–Crippen LogP) is 4.45. The number of carbonyl (C=O) groups is 2. The molecule has 0 saturated carbocycles. The van der Waals surface area contributed by atoms with Gasteiger partial charge in [-0.15, -0.1) is 16.4 Å². The van der Waals surface area contributed by atoms with Gasteiger partial charge in [0, 0.05) is 11.3 Å². The normalized spacial score (nSPS) is 10.6. The third-order valence-electron chi connectivity index (χ3n) is 4.10. The largest absolute Gasteiger partial charge is 0.319 e. The quantitative estimate of drug-likeness (QED) is 0.513. The number of Topliss-reactive ketones (excluding diaryl/α,β-unsaturated/α-hetero) is 1. The summed E-state index contributed by atoms with van der Waals surface area (Å²) in [5, 5.41) is 9.15. The molecule has 2 aromatic carbocycles. The lowest BCUT2D eigenvalue weighted by Crippen LogP contribution is -2.14. The van der Waals surface area contributed by atoms with Crippen LogP contribution in [0.25, 0.3) is 16.4 Å². The monoisotopic (exact) mass is 388 g/mol. The number of hydrogen-bond donors (Lipinski definition) is 1. The third-order valence-corrected chi connectivity index (χ3v) is 4.97. The summed E-state index contributed by atoms with van der Waals surface area (Å²) in [6.45, 7) is 1.50. The minimum absolute atomic E-state index is 0.0262. The van der Waals surface area contributed by atoms with Crippen molar-refractivity contribution in [3.8, 4) is 16.4 Å². The van der Waals surface area contributed by atoms with Crippen molar-refractivity contribution in [3.63, 3.8) is 0 Å². The topological polar surface area (TPSA) is 76.9 Å². The van der Waals surface area contributed by atoms with Gasteiger partial charge in [0.15, 0.2) is 11.6 Å². The lowest BCUT2D eigenvalue weighted by atomic mass is 10.1. The molecule has 2 aromatic heterocycles. The van der Waals surface area contributed by atoms with Crippen LogP contribution in [-0.4, -0.2) is 26.5 Å². The Morgan fingerprint density at radius 2 is 1.71 bits per heavy atom. The van der Waals surface area contributed by atoms with Gasteiger partial charge in [-0.2, -0.15) is 0 Å². The van der Waals surface area contributed by atoms with Gasteiger partial charge >= 0.3 is 0 Å². The highest BCUT2D eigenvalue weighted by Gasteiger charge is 2.19. The number of hydrogen-bond acceptors (Lipinski definition) is 5. The highest BCUT2D eigenvalue weighted by atomic mass is 32.1. The molecule has 0 aliphatic heterocycles. The number of nitrogens with one attached hydrogen (secondary N) is 1. The summed E-state index contributed by atoms with van der Waals surface area (Å²) in [6.07, 6.45) is 0. The number of rotatable bonds is 5. The number of ketones is 1. The number of amides is 1. The van der Waals surface area contributed by atoms with Gasteiger partial charge in [-0.05, 0) is 54.8 Å². The molecular weight excluding hydrogens is 372 g/mol. The molecule has 0 fully saturated rings. The fourth-order valence-electron chi connectivity index (χ4n) is 2.70. The van der Waals surface area contributed by atoms with Crippen molar-refractivity contribution in [2.24, 2.45) is 0 Å². The predicted molar refractivity (Wildman–Crippen MR) is 109 cm³/mol. The van der Waals surface area contributed by atoms with Crippen molar-refractivity contribution in [2.75, 3.05) is 5.32 Å². The second kappa shape index (κ2) is 7.58. The van der Waals surface area contributed by atoms with Crippen molar-refractivity contribution in [1.82, 2.24) is 14.8 Å². The Bertz CT molecular complexity index is 1120. The zero-order valence-electron chi connectivity index (χ0n) is 15.0. The van der Waals surface area contributed by atoms with Crippen LogP contribution in [0.5, 0.6) is 0 Å². The van der Waals surface area contributed by atoms with E-state index in [-0.39, 0.29) is 11.6 Å². The maximum Gasteiger partial charge on any atom is 0.295 e. The fraction of sp³-hybridized carbons (Fsp3) is 0.0476. The van der Waals surface area contributed by atoms with E-state index < -0.39 is 5.91 Å². The zero-order valence-corrected chi connectivity index (χ0v) is 15.8. The van der Waals surface area contributed by atoms with Crippen LogP contribution in [0.1, 0.15) is 27.9 Å². The molecule has 28 heavy (non-hydrogen) atoms. The smallest absolute Gasteiger partial charge is 0.295 e. The van der Waals surface area contributed by atoms with Crippen molar-refractivity contribution < 1.29 is 9.59 Å². The Hall–Kier alpha value is -3.58. The molecule has 4 rings (SSSR count). The molecule has 0 aliphatic rings. The van der Waals surface area contributed by atoms with Crippen molar-refractivity contribution in [3.05, 3.63) is 83.5 Å². The molecule has 0 spiro atoms. The lowest BCUT2D eigenvalue weighted by Gasteiger charge is -2.04. The van der Waals surface area contributed by atoms with Gasteiger partial charge in [-0.3, -0.25) is 9.59 Å². The van der Waals surface area contributed by atoms with E-state index in [0.29, 0.717) is 17.1 Å². The maximum absolute atomic E-state index is 12.7. The molecule has 7 heteroatoms. The Labute approximate surface area is 165 Å². The van der Waals surface area contributed by atoms with Crippen LogP contribution in [0.15, 0.2) is 72.1 Å². The molecule has 6 nitrogen and oxygen atoms in total. The van der Waals surface area contributed by atoms with E-state index in [9.17, 15) is 9.59 Å². The summed E-state index contributed by atoms with van der Waals surface area (Å²) < 4.78 is 1.67. The van der Waals surface area contributed by atoms with E-state index in [0.717, 1.165) is 10.6 Å². The number of thiophene rings is 1. The summed E-state index contributed by atoms with van der Waals surface area (Å²) in [5.41, 5.74) is 1.98. The Kier molecular flexibility index (Phi) is 4.82. The summed E-state index contributed by atoms with van der Waals surface area (Å²) in [6, 6.07) is 20.1. The summed E-state index contributed by atoms with van der Waals surface area (Å²) in [7, 11) is 0. The number of aromatic nitrogens is 3. The molecule has 1 N–H and O–H groups in total. The number of benzene rings is 2. The third kappa shape index (κ3) is 3.60. The van der Waals surface area contributed by atoms with Crippen LogP contribution in [-0.2, 0) is 0 Å². The molecule has 138 valence electrons. The van der Waals surface area contributed by atoms with Gasteiger partial charge in [-0.25, -0.2) is 9.67 Å². The number of nitrogens with zero attached hydrogens (tertiary/aromatic N) is 3. The van der Waals surface area contributed by atoms with Gasteiger partial charge in [0.2, 0.25) is 5.82 Å². The molecule has 1 amide bonds. The second-order valence-corrected chi connectivity index (χ2v) is 7.02. The standard InChI is InChI=1S/C21H16N4O2S/c1-14(26)15-9-11-16(12-10-15)22-21(27)19-23-20(18-8-5-13-28-18)25(24-19)17-6-3-2-4-7-17/h2-13H,1H3,(H,22,27). The number of para-hydroxylation sites is 1. The SMILES string of the molecule is CC(=O)c1ccc(NC(=O)c2nc(-c3cccs3)n(-c3ccccc3)n2)cc1. The van der Waals surface area contributed by atoms with Crippen LogP contribution in [0.2, 0.25) is 0 Å². The minimum atomic E-state index is -0.414. The summed E-state index contributed by atoms with van der Waals surface area (Å²) >= 11 is 1.53. The van der Waals surface area contributed by atoms with Gasteiger partial charge < -0.3 is 5.32 Å². The summed E-state index contributed by atoms with van der Waals surface area (Å²) in [5.74, 6) is 0.242. The van der Waals surface area contributed by atoms with E-state index in [4.69, 9.17) is 0 Å². The first-order chi connectivity index (χ1) is 13.6. The first-order valence-electron chi connectivity index (χ1n) is 8.60. The first kappa shape index (κ1) is 17.8. The molecule has 4 aromatic rings. The highest BCUT2D eigenvalue weighted by molar-refractivity contribution is 7.13. The Balaban J connectivity index is 1.66. The van der Waals surface area contributed by atoms with Crippen LogP contribution in [0.3, 0.4) is 0 Å². The fourth-order valence-corrected chi connectivity index (χ4v) is 3.40. The number of anilines is 1. The van der Waals surface area contributed by atoms with Crippen molar-refractivity contribution >= 4 is 28.7 Å². The molecule has 0 radical (unpaired) electrons. The van der Waals surface area contributed by atoms with Gasteiger partial charge in [-0.1, -0.05) is 24.3 Å². The second-order valence-electron chi connectivity index (χ2n) is 6.07. The zero-order chi connectivity index (χ0) is 19.5. The minimum Gasteiger partial charge on any atom is -0.319 e. The Morgan fingerprint density at radius 3 is 2.36 bits per heavy atom. The van der Waals surface area contributed by atoms with Crippen LogP contribution >= 0.6 is 11.3 Å². The van der Waals surface area contributed by atoms with Gasteiger partial charge in [0.05, 0.1) is 10.6 Å². The summed E-state index contributed by atoms with van der Waals surface area (Å²) in [4.78, 5) is 29.4. The molecule has 0 atom stereocenters. The first-order valence-corrected chi connectivity index (χ1v) is 9.48. The van der Waals surface area contributed by atoms with Crippen molar-refractivity contribution in [1.29, 1.82) is 0 Å². The highest BCUT2D eigenvalue weighted by Crippen LogP contribution is 2.25. The molecule has 0 aliphatic carbocycles. The Morgan fingerprint density at radius 1 is 0.964 bits per heavy atom. The maximum atomic E-state index is 12.7. The molecule has 0 bridgehead atoms. The van der Waals surface area contributed by atoms with Gasteiger partial charge in [0.25, 0.3) is 5.91 Å². The van der Waals surface area contributed by atoms with Crippen LogP contribution in [0.4, 0.5) is 5.69 Å².